The van der Waals surface area contributed by atoms with Crippen molar-refractivity contribution in [2.24, 2.45) is 0 Å². The van der Waals surface area contributed by atoms with Crippen molar-refractivity contribution in [2.45, 2.75) is 6.92 Å². The van der Waals surface area contributed by atoms with Gasteiger partial charge in [-0.05, 0) is 31.2 Å². The van der Waals surface area contributed by atoms with Crippen LogP contribution in [0.5, 0.6) is 0 Å². The number of nitrogens with zero attached hydrogens (tertiary/aromatic N) is 4. The highest BCUT2D eigenvalue weighted by molar-refractivity contribution is 5.93. The molecule has 3 rings (SSSR count). The molecule has 0 aliphatic heterocycles. The van der Waals surface area contributed by atoms with Gasteiger partial charge in [0.05, 0.1) is 5.69 Å². The van der Waals surface area contributed by atoms with Crippen molar-refractivity contribution >= 4 is 5.97 Å². The zero-order chi connectivity index (χ0) is 14.8. The Morgan fingerprint density at radius 3 is 2.38 bits per heavy atom. The van der Waals surface area contributed by atoms with Gasteiger partial charge in [-0.3, -0.25) is 4.98 Å². The molecule has 6 nitrogen and oxygen atoms in total. The highest BCUT2D eigenvalue weighted by Gasteiger charge is 2.21. The quantitative estimate of drug-likeness (QED) is 0.796. The molecule has 0 fully saturated rings. The standard InChI is InChI=1S/C15H12N4O2/c1-10-2-4-12(5-3-10)19-14(11-6-8-16-9-7-11)13(15(20)21)17-18-19/h2-9H,1H3,(H,20,21). The number of benzene rings is 1. The third-order valence-corrected chi connectivity index (χ3v) is 3.11. The Morgan fingerprint density at radius 1 is 1.10 bits per heavy atom. The van der Waals surface area contributed by atoms with Gasteiger partial charge in [-0.15, -0.1) is 5.10 Å². The molecule has 0 aliphatic rings. The van der Waals surface area contributed by atoms with Crippen LogP contribution in [-0.2, 0) is 0 Å². The Labute approximate surface area is 120 Å². The summed E-state index contributed by atoms with van der Waals surface area (Å²) in [4.78, 5) is 15.3. The SMILES string of the molecule is Cc1ccc(-n2nnc(C(=O)O)c2-c2ccncc2)cc1. The lowest BCUT2D eigenvalue weighted by atomic mass is 10.1. The van der Waals surface area contributed by atoms with E-state index in [-0.39, 0.29) is 5.69 Å². The van der Waals surface area contributed by atoms with Crippen molar-refractivity contribution in [3.05, 3.63) is 60.0 Å². The van der Waals surface area contributed by atoms with Crippen LogP contribution >= 0.6 is 0 Å². The Kier molecular flexibility index (Phi) is 3.19. The number of carboxylic acid groups (broad SMARTS) is 1. The largest absolute Gasteiger partial charge is 0.476 e. The molecule has 2 heterocycles. The van der Waals surface area contributed by atoms with Gasteiger partial charge in [0.1, 0.15) is 5.69 Å². The second-order valence-electron chi connectivity index (χ2n) is 4.58. The second kappa shape index (κ2) is 5.16. The molecule has 0 aliphatic carbocycles. The maximum absolute atomic E-state index is 11.4. The number of aromatic nitrogens is 4. The van der Waals surface area contributed by atoms with E-state index in [0.29, 0.717) is 11.3 Å². The fraction of sp³-hybridized carbons (Fsp3) is 0.0667. The van der Waals surface area contributed by atoms with Crippen LogP contribution in [-0.4, -0.2) is 31.1 Å². The number of aromatic carboxylic acids is 1. The Hall–Kier alpha value is -3.02. The molecule has 1 aromatic carbocycles. The van der Waals surface area contributed by atoms with Crippen molar-refractivity contribution in [1.82, 2.24) is 20.0 Å². The molecule has 21 heavy (non-hydrogen) atoms. The maximum atomic E-state index is 11.4. The van der Waals surface area contributed by atoms with E-state index in [0.717, 1.165) is 11.3 Å². The molecule has 6 heteroatoms. The molecular formula is C15H12N4O2. The van der Waals surface area contributed by atoms with Crippen LogP contribution in [0.25, 0.3) is 16.9 Å². The summed E-state index contributed by atoms with van der Waals surface area (Å²) < 4.78 is 1.53. The number of pyridine rings is 1. The van der Waals surface area contributed by atoms with Crippen molar-refractivity contribution in [3.63, 3.8) is 0 Å². The number of rotatable bonds is 3. The topological polar surface area (TPSA) is 80.9 Å². The van der Waals surface area contributed by atoms with E-state index in [1.165, 1.54) is 4.68 Å². The number of carboxylic acids is 1. The van der Waals surface area contributed by atoms with Gasteiger partial charge < -0.3 is 5.11 Å². The smallest absolute Gasteiger partial charge is 0.358 e. The lowest BCUT2D eigenvalue weighted by molar-refractivity contribution is 0.0691. The molecule has 0 atom stereocenters. The predicted octanol–water partition coefficient (Wildman–Crippen LogP) is 2.34. The zero-order valence-corrected chi connectivity index (χ0v) is 11.3. The van der Waals surface area contributed by atoms with Gasteiger partial charge >= 0.3 is 5.97 Å². The number of hydrogen-bond acceptors (Lipinski definition) is 4. The van der Waals surface area contributed by atoms with Crippen LogP contribution in [0.4, 0.5) is 0 Å². The molecule has 0 spiro atoms. The molecule has 2 aromatic heterocycles. The van der Waals surface area contributed by atoms with Crippen molar-refractivity contribution < 1.29 is 9.90 Å². The maximum Gasteiger partial charge on any atom is 0.358 e. The molecule has 0 unspecified atom stereocenters. The molecule has 0 amide bonds. The summed E-state index contributed by atoms with van der Waals surface area (Å²) >= 11 is 0. The molecule has 0 bridgehead atoms. The molecule has 3 aromatic rings. The number of hydrogen-bond donors (Lipinski definition) is 1. The molecule has 1 N–H and O–H groups in total. The Balaban J connectivity index is 2.22. The second-order valence-corrected chi connectivity index (χ2v) is 4.58. The van der Waals surface area contributed by atoms with Gasteiger partial charge in [0.15, 0.2) is 5.69 Å². The van der Waals surface area contributed by atoms with Crippen LogP contribution in [0.15, 0.2) is 48.8 Å². The van der Waals surface area contributed by atoms with Crippen LogP contribution in [0.2, 0.25) is 0 Å². The van der Waals surface area contributed by atoms with Gasteiger partial charge in [-0.1, -0.05) is 22.9 Å². The lowest BCUT2D eigenvalue weighted by Gasteiger charge is -2.07. The summed E-state index contributed by atoms with van der Waals surface area (Å²) in [5.74, 6) is -1.11. The molecule has 0 saturated heterocycles. The summed E-state index contributed by atoms with van der Waals surface area (Å²) in [6.07, 6.45) is 3.21. The summed E-state index contributed by atoms with van der Waals surface area (Å²) in [6, 6.07) is 11.1. The van der Waals surface area contributed by atoms with Crippen LogP contribution in [0.1, 0.15) is 16.1 Å². The zero-order valence-electron chi connectivity index (χ0n) is 11.3. The van der Waals surface area contributed by atoms with E-state index in [2.05, 4.69) is 15.3 Å². The summed E-state index contributed by atoms with van der Waals surface area (Å²) in [5.41, 5.74) is 2.93. The monoisotopic (exact) mass is 280 g/mol. The van der Waals surface area contributed by atoms with Gasteiger partial charge in [0, 0.05) is 18.0 Å². The summed E-state index contributed by atoms with van der Waals surface area (Å²) in [6.45, 7) is 1.98. The minimum absolute atomic E-state index is 0.0817. The first-order chi connectivity index (χ1) is 10.2. The van der Waals surface area contributed by atoms with Crippen molar-refractivity contribution in [3.8, 4) is 16.9 Å². The highest BCUT2D eigenvalue weighted by atomic mass is 16.4. The fourth-order valence-corrected chi connectivity index (χ4v) is 2.06. The minimum Gasteiger partial charge on any atom is -0.476 e. The van der Waals surface area contributed by atoms with Gasteiger partial charge in [0.25, 0.3) is 0 Å². The van der Waals surface area contributed by atoms with Crippen molar-refractivity contribution in [2.75, 3.05) is 0 Å². The first kappa shape index (κ1) is 13.0. The molecular weight excluding hydrogens is 268 g/mol. The Bertz CT molecular complexity index is 779. The van der Waals surface area contributed by atoms with E-state index < -0.39 is 5.97 Å². The van der Waals surface area contributed by atoms with E-state index in [4.69, 9.17) is 0 Å². The highest BCUT2D eigenvalue weighted by Crippen LogP contribution is 2.24. The van der Waals surface area contributed by atoms with Crippen LogP contribution in [0, 0.1) is 6.92 Å². The fourth-order valence-electron chi connectivity index (χ4n) is 2.06. The normalized spacial score (nSPS) is 10.5. The first-order valence-corrected chi connectivity index (χ1v) is 6.33. The molecule has 0 saturated carbocycles. The van der Waals surface area contributed by atoms with E-state index in [1.54, 1.807) is 24.5 Å². The van der Waals surface area contributed by atoms with Crippen molar-refractivity contribution in [1.29, 1.82) is 0 Å². The van der Waals surface area contributed by atoms with Gasteiger partial charge in [-0.2, -0.15) is 0 Å². The third kappa shape index (κ3) is 2.38. The molecule has 104 valence electrons. The van der Waals surface area contributed by atoms with E-state index in [1.807, 2.05) is 31.2 Å². The number of aryl methyl sites for hydroxylation is 1. The summed E-state index contributed by atoms with van der Waals surface area (Å²) in [5, 5.41) is 17.1. The Morgan fingerprint density at radius 2 is 1.76 bits per heavy atom. The first-order valence-electron chi connectivity index (χ1n) is 6.33. The van der Waals surface area contributed by atoms with E-state index >= 15 is 0 Å². The van der Waals surface area contributed by atoms with Gasteiger partial charge in [-0.25, -0.2) is 9.48 Å². The van der Waals surface area contributed by atoms with E-state index in [9.17, 15) is 9.90 Å². The van der Waals surface area contributed by atoms with Gasteiger partial charge in [0.2, 0.25) is 0 Å². The van der Waals surface area contributed by atoms with Crippen LogP contribution < -0.4 is 0 Å². The van der Waals surface area contributed by atoms with Crippen LogP contribution in [0.3, 0.4) is 0 Å². The lowest BCUT2D eigenvalue weighted by Crippen LogP contribution is -2.03. The average Bonchev–Trinajstić information content (AvgIpc) is 2.94. The average molecular weight is 280 g/mol. The predicted molar refractivity (Wildman–Crippen MR) is 76.3 cm³/mol. The third-order valence-electron chi connectivity index (χ3n) is 3.11. The minimum atomic E-state index is -1.11. The summed E-state index contributed by atoms with van der Waals surface area (Å²) in [7, 11) is 0. The molecule has 0 radical (unpaired) electrons. The number of carbonyl (C=O) groups is 1.